The Kier molecular flexibility index (Phi) is 6.14. The van der Waals surface area contributed by atoms with Crippen LogP contribution in [0.15, 0.2) is 24.3 Å². The van der Waals surface area contributed by atoms with Crippen molar-refractivity contribution < 1.29 is 29.0 Å². The van der Waals surface area contributed by atoms with Crippen LogP contribution in [0.2, 0.25) is 0 Å². The second-order valence-corrected chi connectivity index (χ2v) is 10.3. The molecule has 0 saturated carbocycles. The summed E-state index contributed by atoms with van der Waals surface area (Å²) in [5.41, 5.74) is -0.697. The zero-order valence-electron chi connectivity index (χ0n) is 19.5. The molecule has 11 heteroatoms. The van der Waals surface area contributed by atoms with E-state index < -0.39 is 17.8 Å². The molecule has 0 aliphatic carbocycles. The predicted molar refractivity (Wildman–Crippen MR) is 130 cm³/mol. The summed E-state index contributed by atoms with van der Waals surface area (Å²) >= 11 is 1.26. The van der Waals surface area contributed by atoms with E-state index in [0.717, 1.165) is 35.9 Å². The summed E-state index contributed by atoms with van der Waals surface area (Å²) in [6.45, 7) is 4.32. The van der Waals surface area contributed by atoms with Gasteiger partial charge in [0.15, 0.2) is 0 Å². The molecule has 4 amide bonds. The number of thiophene rings is 1. The van der Waals surface area contributed by atoms with Gasteiger partial charge in [0.1, 0.15) is 5.00 Å². The molecule has 2 N–H and O–H groups in total. The molecule has 3 saturated heterocycles. The minimum absolute atomic E-state index is 0.175. The molecule has 3 fully saturated rings. The van der Waals surface area contributed by atoms with Gasteiger partial charge in [0.2, 0.25) is 5.60 Å². The summed E-state index contributed by atoms with van der Waals surface area (Å²) in [6, 6.07) is 7.59. The zero-order chi connectivity index (χ0) is 24.7. The monoisotopic (exact) mass is 500 g/mol. The number of carboxylic acid groups (broad SMARTS) is 1. The van der Waals surface area contributed by atoms with E-state index in [1.165, 1.54) is 16.2 Å². The van der Waals surface area contributed by atoms with Crippen molar-refractivity contribution in [1.82, 2.24) is 14.7 Å². The molecule has 1 unspecified atom stereocenters. The lowest BCUT2D eigenvalue weighted by atomic mass is 9.89. The number of hydrogen-bond donors (Lipinski definition) is 2. The number of likely N-dealkylation sites (tertiary alicyclic amines) is 2. The molecule has 1 atom stereocenters. The normalized spacial score (nSPS) is 23.8. The number of carbonyl (C=O) groups excluding carboxylic acids is 3. The van der Waals surface area contributed by atoms with Crippen LogP contribution in [0.25, 0.3) is 10.1 Å². The van der Waals surface area contributed by atoms with E-state index in [-0.39, 0.29) is 17.9 Å². The van der Waals surface area contributed by atoms with Crippen LogP contribution in [0.1, 0.15) is 43.0 Å². The molecule has 1 aromatic carbocycles. The minimum atomic E-state index is -1.20. The molecule has 1 aromatic heterocycles. The number of fused-ring (bicyclic) bond motifs is 1. The van der Waals surface area contributed by atoms with Gasteiger partial charge < -0.3 is 14.7 Å². The maximum absolute atomic E-state index is 13.5. The second kappa shape index (κ2) is 9.12. The summed E-state index contributed by atoms with van der Waals surface area (Å²) in [7, 11) is 0. The first-order valence-corrected chi connectivity index (χ1v) is 12.7. The number of likely N-dealkylation sites (N-methyl/N-ethyl adjacent to an activating group) is 1. The lowest BCUT2D eigenvalue weighted by Crippen LogP contribution is -2.58. The van der Waals surface area contributed by atoms with Crippen molar-refractivity contribution in [3.8, 4) is 0 Å². The van der Waals surface area contributed by atoms with Crippen molar-refractivity contribution in [2.75, 3.05) is 38.0 Å². The molecule has 186 valence electrons. The van der Waals surface area contributed by atoms with Gasteiger partial charge in [0.05, 0.1) is 5.56 Å². The van der Waals surface area contributed by atoms with Crippen molar-refractivity contribution in [2.24, 2.45) is 0 Å². The first-order chi connectivity index (χ1) is 16.8. The number of ether oxygens (including phenoxy) is 1. The highest BCUT2D eigenvalue weighted by Gasteiger charge is 2.55. The molecule has 1 spiro atoms. The Morgan fingerprint density at radius 1 is 1.20 bits per heavy atom. The van der Waals surface area contributed by atoms with Crippen molar-refractivity contribution >= 4 is 50.4 Å². The third-order valence-corrected chi connectivity index (χ3v) is 8.32. The highest BCUT2D eigenvalue weighted by Crippen LogP contribution is 2.38. The number of carbonyl (C=O) groups is 4. The number of imide groups is 1. The quantitative estimate of drug-likeness (QED) is 0.660. The van der Waals surface area contributed by atoms with Crippen LogP contribution in [0.4, 0.5) is 14.6 Å². The molecule has 4 heterocycles. The topological polar surface area (TPSA) is 119 Å². The highest BCUT2D eigenvalue weighted by molar-refractivity contribution is 7.23. The first kappa shape index (κ1) is 23.6. The average molecular weight is 501 g/mol. The fourth-order valence-corrected chi connectivity index (χ4v) is 6.61. The number of rotatable bonds is 4. The van der Waals surface area contributed by atoms with Gasteiger partial charge in [-0.2, -0.15) is 0 Å². The summed E-state index contributed by atoms with van der Waals surface area (Å²) in [4.78, 5) is 55.0. The van der Waals surface area contributed by atoms with Crippen molar-refractivity contribution in [1.29, 1.82) is 0 Å². The maximum Gasteiger partial charge on any atom is 0.417 e. The first-order valence-electron chi connectivity index (χ1n) is 11.9. The van der Waals surface area contributed by atoms with Gasteiger partial charge in [-0.15, -0.1) is 11.3 Å². The van der Waals surface area contributed by atoms with Crippen LogP contribution in [-0.2, 0) is 9.53 Å². The van der Waals surface area contributed by atoms with E-state index in [1.807, 2.05) is 24.3 Å². The Bertz CT molecular complexity index is 1190. The van der Waals surface area contributed by atoms with Crippen LogP contribution < -0.4 is 5.32 Å². The van der Waals surface area contributed by atoms with E-state index in [4.69, 9.17) is 4.74 Å². The van der Waals surface area contributed by atoms with Crippen molar-refractivity contribution in [3.63, 3.8) is 0 Å². The molecule has 10 nitrogen and oxygen atoms in total. The lowest BCUT2D eigenvalue weighted by molar-refractivity contribution is -0.142. The number of nitrogens with zero attached hydrogens (tertiary/aromatic N) is 3. The van der Waals surface area contributed by atoms with Crippen LogP contribution in [0.3, 0.4) is 0 Å². The Hall–Kier alpha value is -3.18. The number of amides is 4. The molecule has 3 aliphatic rings. The average Bonchev–Trinajstić information content (AvgIpc) is 3.31. The zero-order valence-corrected chi connectivity index (χ0v) is 20.3. The van der Waals surface area contributed by atoms with E-state index in [9.17, 15) is 24.3 Å². The standard InChI is InChI=1S/C24H28N4O6S/c1-2-28-21(30)24(34-23(28)33)10-5-11-27(14-24)15-8-12-26(13-9-15)20(29)18-16-6-3-4-7-17(16)35-19(18)25-22(31)32/h3-4,6-7,15,25H,2,5,8-14H2,1H3,(H,31,32). The number of hydrogen-bond acceptors (Lipinski definition) is 7. The molecule has 3 aliphatic heterocycles. The van der Waals surface area contributed by atoms with E-state index in [0.29, 0.717) is 43.2 Å². The third kappa shape index (κ3) is 4.12. The predicted octanol–water partition coefficient (Wildman–Crippen LogP) is 3.43. The Labute approximate surface area is 206 Å². The van der Waals surface area contributed by atoms with Crippen LogP contribution in [0.5, 0.6) is 0 Å². The highest BCUT2D eigenvalue weighted by atomic mass is 32.1. The summed E-state index contributed by atoms with van der Waals surface area (Å²) in [5.74, 6) is -0.427. The van der Waals surface area contributed by atoms with Crippen LogP contribution in [-0.4, -0.2) is 88.2 Å². The summed E-state index contributed by atoms with van der Waals surface area (Å²) < 4.78 is 6.45. The summed E-state index contributed by atoms with van der Waals surface area (Å²) in [5, 5.41) is 12.7. The minimum Gasteiger partial charge on any atom is -0.465 e. The van der Waals surface area contributed by atoms with Crippen molar-refractivity contribution in [2.45, 2.75) is 44.2 Å². The van der Waals surface area contributed by atoms with E-state index >= 15 is 0 Å². The molecular weight excluding hydrogens is 472 g/mol. The Morgan fingerprint density at radius 2 is 1.94 bits per heavy atom. The van der Waals surface area contributed by atoms with Crippen LogP contribution >= 0.6 is 11.3 Å². The smallest absolute Gasteiger partial charge is 0.417 e. The van der Waals surface area contributed by atoms with E-state index in [1.54, 1.807) is 11.8 Å². The lowest BCUT2D eigenvalue weighted by Gasteiger charge is -2.44. The Morgan fingerprint density at radius 3 is 2.63 bits per heavy atom. The van der Waals surface area contributed by atoms with Gasteiger partial charge in [0, 0.05) is 42.3 Å². The fourth-order valence-electron chi connectivity index (χ4n) is 5.53. The van der Waals surface area contributed by atoms with Gasteiger partial charge in [-0.05, 0) is 45.2 Å². The number of piperidine rings is 2. The van der Waals surface area contributed by atoms with Gasteiger partial charge in [-0.3, -0.25) is 19.8 Å². The maximum atomic E-state index is 13.5. The van der Waals surface area contributed by atoms with Gasteiger partial charge in [-0.1, -0.05) is 18.2 Å². The fraction of sp³-hybridized carbons (Fsp3) is 0.500. The Balaban J connectivity index is 1.28. The molecule has 2 aromatic rings. The second-order valence-electron chi connectivity index (χ2n) is 9.24. The SMILES string of the molecule is CCN1C(=O)OC2(CCCN(C3CCN(C(=O)c4c(NC(=O)O)sc5ccccc45)CC3)C2)C1=O. The number of nitrogens with one attached hydrogen (secondary N) is 1. The number of benzene rings is 1. The van der Waals surface area contributed by atoms with Crippen LogP contribution in [0, 0.1) is 0 Å². The van der Waals surface area contributed by atoms with Gasteiger partial charge in [-0.25, -0.2) is 14.5 Å². The van der Waals surface area contributed by atoms with Gasteiger partial charge in [0.25, 0.3) is 11.8 Å². The largest absolute Gasteiger partial charge is 0.465 e. The third-order valence-electron chi connectivity index (χ3n) is 7.24. The van der Waals surface area contributed by atoms with Gasteiger partial charge >= 0.3 is 12.2 Å². The molecule has 0 radical (unpaired) electrons. The number of anilines is 1. The molecule has 35 heavy (non-hydrogen) atoms. The molecular formula is C24H28N4O6S. The van der Waals surface area contributed by atoms with E-state index in [2.05, 4.69) is 10.2 Å². The molecule has 5 rings (SSSR count). The molecule has 0 bridgehead atoms. The summed E-state index contributed by atoms with van der Waals surface area (Å²) in [6.07, 6.45) is 0.990. The van der Waals surface area contributed by atoms with Crippen molar-refractivity contribution in [3.05, 3.63) is 29.8 Å².